The minimum Gasteiger partial charge on any atom is -0.376 e. The Balaban J connectivity index is 1.70. The van der Waals surface area contributed by atoms with Crippen LogP contribution in [-0.2, 0) is 4.79 Å². The number of rotatable bonds is 7. The molecule has 0 aliphatic heterocycles. The second kappa shape index (κ2) is 8.37. The van der Waals surface area contributed by atoms with E-state index in [0.717, 1.165) is 12.1 Å². The predicted octanol–water partition coefficient (Wildman–Crippen LogP) is 3.31. The van der Waals surface area contributed by atoms with Gasteiger partial charge in [-0.05, 0) is 51.2 Å². The fraction of sp³-hybridized carbons (Fsp3) is 0.444. The molecular formula is C18H24N2O2. The molecule has 1 aliphatic carbocycles. The van der Waals surface area contributed by atoms with Crippen molar-refractivity contribution in [2.75, 3.05) is 18.4 Å². The van der Waals surface area contributed by atoms with Crippen molar-refractivity contribution < 1.29 is 9.59 Å². The van der Waals surface area contributed by atoms with Gasteiger partial charge in [0.15, 0.2) is 5.78 Å². The Morgan fingerprint density at radius 2 is 2.09 bits per heavy atom. The molecule has 118 valence electrons. The molecule has 1 aromatic carbocycles. The summed E-state index contributed by atoms with van der Waals surface area (Å²) in [6, 6.07) is 7.20. The second-order valence-corrected chi connectivity index (χ2v) is 5.70. The summed E-state index contributed by atoms with van der Waals surface area (Å²) in [7, 11) is 0. The van der Waals surface area contributed by atoms with Crippen LogP contribution in [0.25, 0.3) is 0 Å². The SMILES string of the molecule is CC(=O)c1cccc(NCC(=O)NCCC2=CCCCC2)c1. The summed E-state index contributed by atoms with van der Waals surface area (Å²) >= 11 is 0. The van der Waals surface area contributed by atoms with E-state index >= 15 is 0 Å². The minimum absolute atomic E-state index is 0.0221. The van der Waals surface area contributed by atoms with Crippen molar-refractivity contribution in [1.29, 1.82) is 0 Å². The third-order valence-corrected chi connectivity index (χ3v) is 3.88. The van der Waals surface area contributed by atoms with Gasteiger partial charge in [0, 0.05) is 17.8 Å². The monoisotopic (exact) mass is 300 g/mol. The number of amides is 1. The first kappa shape index (κ1) is 16.3. The summed E-state index contributed by atoms with van der Waals surface area (Å²) in [5.74, 6) is -0.00139. The van der Waals surface area contributed by atoms with E-state index in [9.17, 15) is 9.59 Å². The lowest BCUT2D eigenvalue weighted by Crippen LogP contribution is -2.30. The lowest BCUT2D eigenvalue weighted by atomic mass is 9.97. The molecule has 22 heavy (non-hydrogen) atoms. The van der Waals surface area contributed by atoms with Gasteiger partial charge in [0.1, 0.15) is 0 Å². The average molecular weight is 300 g/mol. The molecule has 0 fully saturated rings. The molecule has 0 bridgehead atoms. The zero-order valence-electron chi connectivity index (χ0n) is 13.2. The maximum Gasteiger partial charge on any atom is 0.239 e. The Morgan fingerprint density at radius 1 is 1.23 bits per heavy atom. The molecule has 1 aromatic rings. The summed E-state index contributed by atoms with van der Waals surface area (Å²) in [6.07, 6.45) is 8.17. The van der Waals surface area contributed by atoms with Crippen LogP contribution in [0.4, 0.5) is 5.69 Å². The highest BCUT2D eigenvalue weighted by Gasteiger charge is 2.06. The summed E-state index contributed by atoms with van der Waals surface area (Å²) < 4.78 is 0. The van der Waals surface area contributed by atoms with Gasteiger partial charge >= 0.3 is 0 Å². The Morgan fingerprint density at radius 3 is 2.82 bits per heavy atom. The van der Waals surface area contributed by atoms with Gasteiger partial charge in [0.2, 0.25) is 5.91 Å². The van der Waals surface area contributed by atoms with Crippen molar-refractivity contribution in [1.82, 2.24) is 5.32 Å². The quantitative estimate of drug-likeness (QED) is 0.600. The molecule has 0 saturated carbocycles. The molecule has 0 heterocycles. The zero-order chi connectivity index (χ0) is 15.8. The van der Waals surface area contributed by atoms with E-state index in [2.05, 4.69) is 16.7 Å². The molecule has 0 saturated heterocycles. The lowest BCUT2D eigenvalue weighted by molar-refractivity contribution is -0.119. The number of hydrogen-bond donors (Lipinski definition) is 2. The van der Waals surface area contributed by atoms with Gasteiger partial charge in [0.25, 0.3) is 0 Å². The molecule has 4 heteroatoms. The molecule has 2 rings (SSSR count). The number of carbonyl (C=O) groups is 2. The van der Waals surface area contributed by atoms with E-state index in [-0.39, 0.29) is 18.2 Å². The first-order valence-electron chi connectivity index (χ1n) is 7.94. The van der Waals surface area contributed by atoms with Crippen LogP contribution in [0.15, 0.2) is 35.9 Å². The summed E-state index contributed by atoms with van der Waals surface area (Å²) in [6.45, 7) is 2.45. The average Bonchev–Trinajstić information content (AvgIpc) is 2.54. The highest BCUT2D eigenvalue weighted by atomic mass is 16.2. The zero-order valence-corrected chi connectivity index (χ0v) is 13.2. The van der Waals surface area contributed by atoms with Gasteiger partial charge < -0.3 is 10.6 Å². The largest absolute Gasteiger partial charge is 0.376 e. The van der Waals surface area contributed by atoms with Crippen molar-refractivity contribution in [3.05, 3.63) is 41.5 Å². The fourth-order valence-electron chi connectivity index (χ4n) is 2.59. The van der Waals surface area contributed by atoms with Crippen molar-refractivity contribution in [3.8, 4) is 0 Å². The third kappa shape index (κ3) is 5.35. The number of anilines is 1. The standard InChI is InChI=1S/C18H24N2O2/c1-14(21)16-8-5-9-17(12-16)20-13-18(22)19-11-10-15-6-3-2-4-7-15/h5-6,8-9,12,20H,2-4,7,10-11,13H2,1H3,(H,19,22). The van der Waals surface area contributed by atoms with Crippen molar-refractivity contribution >= 4 is 17.4 Å². The van der Waals surface area contributed by atoms with Crippen LogP contribution in [0.5, 0.6) is 0 Å². The maximum absolute atomic E-state index is 11.8. The van der Waals surface area contributed by atoms with E-state index < -0.39 is 0 Å². The number of Topliss-reactive ketones (excluding diaryl/α,β-unsaturated/α-hetero) is 1. The molecule has 0 spiro atoms. The Kier molecular flexibility index (Phi) is 6.19. The fourth-order valence-corrected chi connectivity index (χ4v) is 2.59. The summed E-state index contributed by atoms with van der Waals surface area (Å²) in [4.78, 5) is 23.1. The van der Waals surface area contributed by atoms with Crippen molar-refractivity contribution in [2.24, 2.45) is 0 Å². The highest BCUT2D eigenvalue weighted by Crippen LogP contribution is 2.19. The van der Waals surface area contributed by atoms with Gasteiger partial charge in [-0.15, -0.1) is 0 Å². The van der Waals surface area contributed by atoms with E-state index in [4.69, 9.17) is 0 Å². The van der Waals surface area contributed by atoms with E-state index in [1.165, 1.54) is 38.2 Å². The molecular weight excluding hydrogens is 276 g/mol. The first-order chi connectivity index (χ1) is 10.6. The van der Waals surface area contributed by atoms with Gasteiger partial charge in [0.05, 0.1) is 6.54 Å². The number of ketones is 1. The van der Waals surface area contributed by atoms with Gasteiger partial charge in [-0.2, -0.15) is 0 Å². The van der Waals surface area contributed by atoms with Gasteiger partial charge in [-0.25, -0.2) is 0 Å². The first-order valence-corrected chi connectivity index (χ1v) is 7.94. The summed E-state index contributed by atoms with van der Waals surface area (Å²) in [5, 5.41) is 5.98. The smallest absolute Gasteiger partial charge is 0.239 e. The molecule has 0 atom stereocenters. The molecule has 2 N–H and O–H groups in total. The second-order valence-electron chi connectivity index (χ2n) is 5.70. The van der Waals surface area contributed by atoms with E-state index in [1.807, 2.05) is 12.1 Å². The van der Waals surface area contributed by atoms with Crippen LogP contribution >= 0.6 is 0 Å². The van der Waals surface area contributed by atoms with E-state index in [0.29, 0.717) is 12.1 Å². The van der Waals surface area contributed by atoms with Crippen molar-refractivity contribution in [3.63, 3.8) is 0 Å². The van der Waals surface area contributed by atoms with E-state index in [1.54, 1.807) is 12.1 Å². The number of hydrogen-bond acceptors (Lipinski definition) is 3. The molecule has 4 nitrogen and oxygen atoms in total. The molecule has 0 unspecified atom stereocenters. The normalized spacial score (nSPS) is 14.1. The van der Waals surface area contributed by atoms with Crippen LogP contribution in [0.2, 0.25) is 0 Å². The minimum atomic E-state index is -0.0235. The van der Waals surface area contributed by atoms with Crippen molar-refractivity contribution in [2.45, 2.75) is 39.0 Å². The van der Waals surface area contributed by atoms with Gasteiger partial charge in [-0.1, -0.05) is 23.8 Å². The topological polar surface area (TPSA) is 58.2 Å². The molecule has 0 radical (unpaired) electrons. The van der Waals surface area contributed by atoms with Crippen LogP contribution in [-0.4, -0.2) is 24.8 Å². The molecule has 1 amide bonds. The predicted molar refractivity (Wildman–Crippen MR) is 89.1 cm³/mol. The van der Waals surface area contributed by atoms with Crippen LogP contribution in [0.1, 0.15) is 49.4 Å². The Hall–Kier alpha value is -2.10. The number of allylic oxidation sites excluding steroid dienone is 1. The number of carbonyl (C=O) groups excluding carboxylic acids is 2. The number of benzene rings is 1. The number of nitrogens with one attached hydrogen (secondary N) is 2. The molecule has 0 aromatic heterocycles. The summed E-state index contributed by atoms with van der Waals surface area (Å²) in [5.41, 5.74) is 2.90. The van der Waals surface area contributed by atoms with Crippen LogP contribution in [0.3, 0.4) is 0 Å². The lowest BCUT2D eigenvalue weighted by Gasteiger charge is -2.13. The molecule has 1 aliphatic rings. The highest BCUT2D eigenvalue weighted by molar-refractivity contribution is 5.95. The Labute approximate surface area is 132 Å². The maximum atomic E-state index is 11.8. The van der Waals surface area contributed by atoms with Crippen LogP contribution < -0.4 is 10.6 Å². The third-order valence-electron chi connectivity index (χ3n) is 3.88. The van der Waals surface area contributed by atoms with Crippen LogP contribution in [0, 0.1) is 0 Å². The Bertz CT molecular complexity index is 564. The van der Waals surface area contributed by atoms with Gasteiger partial charge in [-0.3, -0.25) is 9.59 Å².